The third-order valence-corrected chi connectivity index (χ3v) is 4.94. The number of Topliss-reactive ketones (excluding diaryl/α,β-unsaturated/α-hetero) is 1. The molecule has 1 aromatic rings. The Labute approximate surface area is 147 Å². The molecule has 7 nitrogen and oxygen atoms in total. The number of aliphatic hydroxyl groups excluding tert-OH is 1. The van der Waals surface area contributed by atoms with E-state index in [1.165, 1.54) is 0 Å². The molecule has 0 aromatic carbocycles. The third kappa shape index (κ3) is 5.77. The number of amides is 2. The lowest BCUT2D eigenvalue weighted by molar-refractivity contribution is -0.136. The number of aliphatic hydroxyl groups is 1. The van der Waals surface area contributed by atoms with Crippen molar-refractivity contribution < 1.29 is 19.5 Å². The summed E-state index contributed by atoms with van der Waals surface area (Å²) >= 11 is 0. The highest BCUT2D eigenvalue weighted by Crippen LogP contribution is 2.34. The molecule has 0 spiro atoms. The molecule has 2 aliphatic rings. The summed E-state index contributed by atoms with van der Waals surface area (Å²) in [7, 11) is 0. The summed E-state index contributed by atoms with van der Waals surface area (Å²) < 4.78 is 0. The maximum Gasteiger partial charge on any atom is 0.226 e. The minimum Gasteiger partial charge on any atom is -0.392 e. The minimum absolute atomic E-state index is 0.00492. The number of hydrogen-bond donors (Lipinski definition) is 3. The summed E-state index contributed by atoms with van der Waals surface area (Å²) in [6, 6.07) is 0. The molecule has 1 aliphatic heterocycles. The zero-order valence-electron chi connectivity index (χ0n) is 14.8. The Morgan fingerprint density at radius 1 is 1.20 bits per heavy atom. The summed E-state index contributed by atoms with van der Waals surface area (Å²) in [6.45, 7) is 4.01. The number of imide groups is 1. The summed E-state index contributed by atoms with van der Waals surface area (Å²) in [4.78, 5) is 41.3. The molecular formula is C18H27N3O4. The molecule has 2 fully saturated rings. The van der Waals surface area contributed by atoms with E-state index in [1.54, 1.807) is 18.7 Å². The van der Waals surface area contributed by atoms with Gasteiger partial charge >= 0.3 is 0 Å². The molecule has 7 heteroatoms. The van der Waals surface area contributed by atoms with Gasteiger partial charge in [-0.25, -0.2) is 4.98 Å². The van der Waals surface area contributed by atoms with E-state index in [4.69, 9.17) is 0 Å². The van der Waals surface area contributed by atoms with Crippen molar-refractivity contribution >= 4 is 17.6 Å². The van der Waals surface area contributed by atoms with Crippen LogP contribution < -0.4 is 5.32 Å². The van der Waals surface area contributed by atoms with E-state index in [0.29, 0.717) is 18.8 Å². The molecule has 1 saturated heterocycles. The van der Waals surface area contributed by atoms with Crippen LogP contribution in [-0.4, -0.2) is 38.8 Å². The number of carbonyl (C=O) groups excluding carboxylic acids is 3. The van der Waals surface area contributed by atoms with Crippen molar-refractivity contribution in [2.24, 2.45) is 23.7 Å². The number of carbonyl (C=O) groups is 3. The minimum atomic E-state index is -0.739. The lowest BCUT2D eigenvalue weighted by Gasteiger charge is -2.34. The fraction of sp³-hybridized carbons (Fsp3) is 0.667. The van der Waals surface area contributed by atoms with Crippen LogP contribution in [0, 0.1) is 23.7 Å². The number of imidazole rings is 1. The monoisotopic (exact) mass is 349 g/mol. The zero-order chi connectivity index (χ0) is 18.4. The predicted molar refractivity (Wildman–Crippen MR) is 91.1 cm³/mol. The Kier molecular flexibility index (Phi) is 6.87. The maximum atomic E-state index is 12.2. The first-order valence-electron chi connectivity index (χ1n) is 8.84. The highest BCUT2D eigenvalue weighted by molar-refractivity contribution is 5.97. The average Bonchev–Trinajstić information content (AvgIpc) is 3.09. The van der Waals surface area contributed by atoms with Crippen LogP contribution in [0.2, 0.25) is 0 Å². The summed E-state index contributed by atoms with van der Waals surface area (Å²) in [5, 5.41) is 12.6. The van der Waals surface area contributed by atoms with Gasteiger partial charge in [0.25, 0.3) is 0 Å². The van der Waals surface area contributed by atoms with E-state index in [0.717, 1.165) is 6.42 Å². The second-order valence-corrected chi connectivity index (χ2v) is 7.30. The largest absolute Gasteiger partial charge is 0.392 e. The van der Waals surface area contributed by atoms with Crippen LogP contribution in [0.25, 0.3) is 0 Å². The summed E-state index contributed by atoms with van der Waals surface area (Å²) in [5.41, 5.74) is 0. The SMILES string of the molecule is C[C@@H]1C[C@@H]([C@H](O)CC2CC(=O)NC(=O)C2)C(=O)[C@@H](C)C1.c1c[nH]cn1. The van der Waals surface area contributed by atoms with Crippen molar-refractivity contribution in [2.45, 2.75) is 52.1 Å². The van der Waals surface area contributed by atoms with Crippen molar-refractivity contribution in [3.63, 3.8) is 0 Å². The highest BCUT2D eigenvalue weighted by Gasteiger charge is 2.38. The number of H-pyrrole nitrogens is 1. The van der Waals surface area contributed by atoms with Crippen LogP contribution in [0.4, 0.5) is 0 Å². The standard InChI is InChI=1S/C15H23NO4.C3H4N2/c1-8-3-9(2)15(20)11(4-8)12(17)5-10-6-13(18)16-14(19)7-10;1-2-5-3-4-1/h8-12,17H,3-7H2,1-2H3,(H,16,18,19);1-3H,(H,4,5)/t8-,9-,11-,12+;/m0./s1. The first-order valence-corrected chi connectivity index (χ1v) is 8.84. The van der Waals surface area contributed by atoms with Gasteiger partial charge in [-0.05, 0) is 31.1 Å². The number of aromatic amines is 1. The molecule has 1 aliphatic carbocycles. The van der Waals surface area contributed by atoms with Crippen LogP contribution in [0.1, 0.15) is 46.0 Å². The number of piperidine rings is 1. The fourth-order valence-corrected chi connectivity index (χ4v) is 3.82. The van der Waals surface area contributed by atoms with Gasteiger partial charge in [-0.1, -0.05) is 13.8 Å². The van der Waals surface area contributed by atoms with Crippen LogP contribution >= 0.6 is 0 Å². The Balaban J connectivity index is 0.000000386. The number of rotatable bonds is 3. The second kappa shape index (κ2) is 8.89. The number of hydrogen-bond acceptors (Lipinski definition) is 5. The molecule has 2 amide bonds. The van der Waals surface area contributed by atoms with Gasteiger partial charge in [-0.3, -0.25) is 19.7 Å². The van der Waals surface area contributed by atoms with E-state index in [-0.39, 0.29) is 48.2 Å². The Morgan fingerprint density at radius 3 is 2.40 bits per heavy atom. The molecule has 1 aromatic heterocycles. The van der Waals surface area contributed by atoms with Gasteiger partial charge in [0.1, 0.15) is 5.78 Å². The van der Waals surface area contributed by atoms with E-state index in [2.05, 4.69) is 22.2 Å². The molecule has 0 unspecified atom stereocenters. The number of ketones is 1. The molecule has 3 N–H and O–H groups in total. The van der Waals surface area contributed by atoms with Gasteiger partial charge in [0.2, 0.25) is 11.8 Å². The third-order valence-electron chi connectivity index (χ3n) is 4.94. The molecule has 0 radical (unpaired) electrons. The molecule has 4 atom stereocenters. The van der Waals surface area contributed by atoms with Gasteiger partial charge < -0.3 is 10.1 Å². The van der Waals surface area contributed by atoms with Crippen molar-refractivity contribution in [3.8, 4) is 0 Å². The number of aromatic nitrogens is 2. The van der Waals surface area contributed by atoms with Gasteiger partial charge in [0.05, 0.1) is 12.4 Å². The molecule has 0 bridgehead atoms. The lowest BCUT2D eigenvalue weighted by Crippen LogP contribution is -2.42. The first kappa shape index (κ1) is 19.3. The van der Waals surface area contributed by atoms with Crippen molar-refractivity contribution in [2.75, 3.05) is 0 Å². The van der Waals surface area contributed by atoms with Gasteiger partial charge in [-0.2, -0.15) is 0 Å². The van der Waals surface area contributed by atoms with Gasteiger partial charge in [-0.15, -0.1) is 0 Å². The van der Waals surface area contributed by atoms with Crippen LogP contribution in [0.3, 0.4) is 0 Å². The predicted octanol–water partition coefficient (Wildman–Crippen LogP) is 1.45. The molecule has 1 saturated carbocycles. The van der Waals surface area contributed by atoms with Crippen molar-refractivity contribution in [1.82, 2.24) is 15.3 Å². The summed E-state index contributed by atoms with van der Waals surface area (Å²) in [5.74, 6) is -0.499. The maximum absolute atomic E-state index is 12.2. The van der Waals surface area contributed by atoms with Crippen molar-refractivity contribution in [1.29, 1.82) is 0 Å². The molecule has 3 rings (SSSR count). The van der Waals surface area contributed by atoms with Crippen LogP contribution in [-0.2, 0) is 14.4 Å². The number of nitrogens with zero attached hydrogens (tertiary/aromatic N) is 1. The second-order valence-electron chi connectivity index (χ2n) is 7.30. The molecule has 25 heavy (non-hydrogen) atoms. The average molecular weight is 349 g/mol. The summed E-state index contributed by atoms with van der Waals surface area (Å²) in [6.07, 6.45) is 6.80. The van der Waals surface area contributed by atoms with E-state index in [1.807, 2.05) is 6.92 Å². The van der Waals surface area contributed by atoms with Gasteiger partial charge in [0.15, 0.2) is 0 Å². The quantitative estimate of drug-likeness (QED) is 0.715. The number of nitrogens with one attached hydrogen (secondary N) is 2. The van der Waals surface area contributed by atoms with Gasteiger partial charge in [0, 0.05) is 37.1 Å². The van der Waals surface area contributed by atoms with Crippen LogP contribution in [0.15, 0.2) is 18.7 Å². The topological polar surface area (TPSA) is 112 Å². The lowest BCUT2D eigenvalue weighted by atomic mass is 9.71. The zero-order valence-corrected chi connectivity index (χ0v) is 14.8. The van der Waals surface area contributed by atoms with E-state index >= 15 is 0 Å². The Hall–Kier alpha value is -2.02. The smallest absolute Gasteiger partial charge is 0.226 e. The normalized spacial score (nSPS) is 28.8. The molecule has 2 heterocycles. The first-order chi connectivity index (χ1) is 11.9. The van der Waals surface area contributed by atoms with E-state index in [9.17, 15) is 19.5 Å². The molecular weight excluding hydrogens is 322 g/mol. The van der Waals surface area contributed by atoms with Crippen LogP contribution in [0.5, 0.6) is 0 Å². The molecule has 138 valence electrons. The highest BCUT2D eigenvalue weighted by atomic mass is 16.3. The van der Waals surface area contributed by atoms with Crippen molar-refractivity contribution in [3.05, 3.63) is 18.7 Å². The fourth-order valence-electron chi connectivity index (χ4n) is 3.82. The van der Waals surface area contributed by atoms with E-state index < -0.39 is 6.10 Å². The Bertz CT molecular complexity index is 554. The Morgan fingerprint density at radius 2 is 1.88 bits per heavy atom.